The van der Waals surface area contributed by atoms with Crippen molar-refractivity contribution in [2.75, 3.05) is 11.5 Å². The zero-order chi connectivity index (χ0) is 20.6. The van der Waals surface area contributed by atoms with E-state index in [9.17, 15) is 0 Å². The lowest BCUT2D eigenvalue weighted by Crippen LogP contribution is -2.11. The van der Waals surface area contributed by atoms with Gasteiger partial charge in [-0.2, -0.15) is 0 Å². The first kappa shape index (κ1) is 18.9. The van der Waals surface area contributed by atoms with Gasteiger partial charge in [0.2, 0.25) is 0 Å². The van der Waals surface area contributed by atoms with Crippen LogP contribution in [0, 0.1) is 0 Å². The Labute approximate surface area is 172 Å². The Morgan fingerprint density at radius 2 is 0.966 bits per heavy atom. The molecular weight excluding hydrogens is 354 g/mol. The molecule has 0 aliphatic carbocycles. The molecule has 3 nitrogen and oxygen atoms in total. The third-order valence-corrected chi connectivity index (χ3v) is 5.29. The average Bonchev–Trinajstić information content (AvgIpc) is 3.13. The molecule has 1 aromatic heterocycles. The molecule has 3 heteroatoms. The second-order valence-electron chi connectivity index (χ2n) is 8.48. The van der Waals surface area contributed by atoms with E-state index in [0.717, 1.165) is 39.6 Å². The standard InChI is InChI=1S/C26H27N3/c1-26(2,3)20-8-14-23(15-9-20)29-24(18-4-10-21(27)11-5-18)16-17-25(29)19-6-12-22(28)13-7-19/h4-17H,27-28H2,1-3H3. The smallest absolute Gasteiger partial charge is 0.0535 e. The molecule has 1 heterocycles. The lowest BCUT2D eigenvalue weighted by atomic mass is 9.87. The zero-order valence-corrected chi connectivity index (χ0v) is 17.2. The molecule has 0 saturated heterocycles. The predicted octanol–water partition coefficient (Wildman–Crippen LogP) is 6.27. The fourth-order valence-corrected chi connectivity index (χ4v) is 3.58. The second-order valence-corrected chi connectivity index (χ2v) is 8.48. The van der Waals surface area contributed by atoms with E-state index >= 15 is 0 Å². The average molecular weight is 382 g/mol. The maximum Gasteiger partial charge on any atom is 0.0535 e. The summed E-state index contributed by atoms with van der Waals surface area (Å²) < 4.78 is 2.30. The Balaban J connectivity index is 1.90. The number of rotatable bonds is 3. The van der Waals surface area contributed by atoms with Gasteiger partial charge in [0.15, 0.2) is 0 Å². The summed E-state index contributed by atoms with van der Waals surface area (Å²) in [6.07, 6.45) is 0. The van der Waals surface area contributed by atoms with Crippen molar-refractivity contribution in [3.05, 3.63) is 90.5 Å². The Morgan fingerprint density at radius 3 is 1.34 bits per heavy atom. The van der Waals surface area contributed by atoms with E-state index in [1.807, 2.05) is 24.3 Å². The van der Waals surface area contributed by atoms with Gasteiger partial charge < -0.3 is 16.0 Å². The lowest BCUT2D eigenvalue weighted by molar-refractivity contribution is 0.590. The Hall–Kier alpha value is -3.46. The minimum atomic E-state index is 0.120. The van der Waals surface area contributed by atoms with Crippen molar-refractivity contribution in [2.45, 2.75) is 26.2 Å². The van der Waals surface area contributed by atoms with Gasteiger partial charge in [0.1, 0.15) is 0 Å². The van der Waals surface area contributed by atoms with E-state index in [-0.39, 0.29) is 5.41 Å². The van der Waals surface area contributed by atoms with Crippen molar-refractivity contribution in [3.63, 3.8) is 0 Å². The van der Waals surface area contributed by atoms with E-state index in [1.165, 1.54) is 5.56 Å². The van der Waals surface area contributed by atoms with Crippen molar-refractivity contribution in [3.8, 4) is 28.2 Å². The maximum atomic E-state index is 5.90. The van der Waals surface area contributed by atoms with Gasteiger partial charge in [0.25, 0.3) is 0 Å². The normalized spacial score (nSPS) is 11.6. The molecule has 29 heavy (non-hydrogen) atoms. The first-order chi connectivity index (χ1) is 13.8. The molecule has 3 aromatic carbocycles. The third kappa shape index (κ3) is 3.77. The molecule has 0 atom stereocenters. The number of anilines is 2. The number of hydrogen-bond acceptors (Lipinski definition) is 2. The molecule has 4 N–H and O–H groups in total. The molecule has 4 rings (SSSR count). The van der Waals surface area contributed by atoms with Crippen molar-refractivity contribution >= 4 is 11.4 Å². The fraction of sp³-hybridized carbons (Fsp3) is 0.154. The summed E-state index contributed by atoms with van der Waals surface area (Å²) in [5.74, 6) is 0. The highest BCUT2D eigenvalue weighted by Gasteiger charge is 2.16. The highest BCUT2D eigenvalue weighted by atomic mass is 15.0. The van der Waals surface area contributed by atoms with Crippen LogP contribution in [-0.2, 0) is 5.41 Å². The molecular formula is C26H27N3. The number of hydrogen-bond donors (Lipinski definition) is 2. The van der Waals surface area contributed by atoms with Gasteiger partial charge in [-0.05, 0) is 70.6 Å². The molecule has 0 spiro atoms. The zero-order valence-electron chi connectivity index (χ0n) is 17.2. The van der Waals surface area contributed by atoms with Crippen LogP contribution >= 0.6 is 0 Å². The lowest BCUT2D eigenvalue weighted by Gasteiger charge is -2.20. The van der Waals surface area contributed by atoms with Gasteiger partial charge in [0, 0.05) is 17.1 Å². The van der Waals surface area contributed by atoms with E-state index in [4.69, 9.17) is 11.5 Å². The molecule has 0 radical (unpaired) electrons. The number of aromatic nitrogens is 1. The number of nitrogens with two attached hydrogens (primary N) is 2. The van der Waals surface area contributed by atoms with Crippen molar-refractivity contribution in [2.24, 2.45) is 0 Å². The molecule has 146 valence electrons. The first-order valence-corrected chi connectivity index (χ1v) is 9.87. The van der Waals surface area contributed by atoms with Crippen LogP contribution in [0.3, 0.4) is 0 Å². The number of nitrogens with zero attached hydrogens (tertiary/aromatic N) is 1. The van der Waals surface area contributed by atoms with Crippen LogP contribution in [0.15, 0.2) is 84.9 Å². The van der Waals surface area contributed by atoms with Crippen LogP contribution in [0.4, 0.5) is 11.4 Å². The van der Waals surface area contributed by atoms with Crippen LogP contribution in [0.2, 0.25) is 0 Å². The summed E-state index contributed by atoms with van der Waals surface area (Å²) in [5, 5.41) is 0. The molecule has 0 unspecified atom stereocenters. The largest absolute Gasteiger partial charge is 0.399 e. The van der Waals surface area contributed by atoms with Gasteiger partial charge in [-0.15, -0.1) is 0 Å². The molecule has 0 aliphatic rings. The van der Waals surface area contributed by atoms with Crippen LogP contribution in [0.25, 0.3) is 28.2 Å². The second kappa shape index (κ2) is 7.17. The summed E-state index contributed by atoms with van der Waals surface area (Å²) in [6.45, 7) is 6.70. The molecule has 0 aliphatic heterocycles. The molecule has 0 amide bonds. The van der Waals surface area contributed by atoms with E-state index in [2.05, 4.69) is 86.0 Å². The topological polar surface area (TPSA) is 57.0 Å². The number of nitrogen functional groups attached to an aromatic ring is 2. The van der Waals surface area contributed by atoms with E-state index in [0.29, 0.717) is 0 Å². The Bertz CT molecular complexity index is 1050. The summed E-state index contributed by atoms with van der Waals surface area (Å²) in [5.41, 5.74) is 20.4. The van der Waals surface area contributed by atoms with Crippen molar-refractivity contribution in [1.29, 1.82) is 0 Å². The minimum Gasteiger partial charge on any atom is -0.399 e. The Kier molecular flexibility index (Phi) is 4.67. The minimum absolute atomic E-state index is 0.120. The predicted molar refractivity (Wildman–Crippen MR) is 124 cm³/mol. The summed E-state index contributed by atoms with van der Waals surface area (Å²) in [4.78, 5) is 0. The van der Waals surface area contributed by atoms with Gasteiger partial charge in [0.05, 0.1) is 11.4 Å². The highest BCUT2D eigenvalue weighted by molar-refractivity contribution is 5.74. The number of benzene rings is 3. The van der Waals surface area contributed by atoms with Crippen LogP contribution in [0.5, 0.6) is 0 Å². The molecule has 0 saturated carbocycles. The van der Waals surface area contributed by atoms with Crippen LogP contribution in [0.1, 0.15) is 26.3 Å². The molecule has 0 fully saturated rings. The molecule has 0 bridgehead atoms. The SMILES string of the molecule is CC(C)(C)c1ccc(-n2c(-c3ccc(N)cc3)ccc2-c2ccc(N)cc2)cc1. The summed E-state index contributed by atoms with van der Waals surface area (Å²) >= 11 is 0. The van der Waals surface area contributed by atoms with Crippen LogP contribution in [-0.4, -0.2) is 4.57 Å². The first-order valence-electron chi connectivity index (χ1n) is 9.87. The van der Waals surface area contributed by atoms with E-state index < -0.39 is 0 Å². The fourth-order valence-electron chi connectivity index (χ4n) is 3.58. The van der Waals surface area contributed by atoms with Gasteiger partial charge in [-0.25, -0.2) is 0 Å². The monoisotopic (exact) mass is 381 g/mol. The van der Waals surface area contributed by atoms with Crippen molar-refractivity contribution < 1.29 is 0 Å². The highest BCUT2D eigenvalue weighted by Crippen LogP contribution is 2.34. The van der Waals surface area contributed by atoms with Crippen molar-refractivity contribution in [1.82, 2.24) is 4.57 Å². The maximum absolute atomic E-state index is 5.90. The summed E-state index contributed by atoms with van der Waals surface area (Å²) in [6, 6.07) is 29.2. The Morgan fingerprint density at radius 1 is 0.552 bits per heavy atom. The van der Waals surface area contributed by atoms with Gasteiger partial charge in [-0.3, -0.25) is 0 Å². The van der Waals surface area contributed by atoms with Crippen LogP contribution < -0.4 is 11.5 Å². The molecule has 4 aromatic rings. The van der Waals surface area contributed by atoms with Gasteiger partial charge in [-0.1, -0.05) is 57.2 Å². The summed E-state index contributed by atoms with van der Waals surface area (Å²) in [7, 11) is 0. The third-order valence-electron chi connectivity index (χ3n) is 5.29. The quantitative estimate of drug-likeness (QED) is 0.411. The van der Waals surface area contributed by atoms with E-state index in [1.54, 1.807) is 0 Å². The van der Waals surface area contributed by atoms with Gasteiger partial charge >= 0.3 is 0 Å².